The zero-order valence-electron chi connectivity index (χ0n) is 13.6. The summed E-state index contributed by atoms with van der Waals surface area (Å²) < 4.78 is 31.2. The van der Waals surface area contributed by atoms with E-state index < -0.39 is 29.6 Å². The third-order valence-electron chi connectivity index (χ3n) is 3.51. The molecule has 0 aliphatic rings. The maximum atomic E-state index is 13.2. The molecule has 0 aliphatic carbocycles. The van der Waals surface area contributed by atoms with Gasteiger partial charge in [0.25, 0.3) is 5.91 Å². The van der Waals surface area contributed by atoms with Crippen molar-refractivity contribution in [3.05, 3.63) is 64.2 Å². The number of carbonyl (C=O) groups is 2. The number of benzene rings is 2. The molecular weight excluding hydrogens is 352 g/mol. The van der Waals surface area contributed by atoms with E-state index in [1.165, 1.54) is 6.92 Å². The number of anilines is 1. The maximum Gasteiger partial charge on any atom is 0.340 e. The topological polar surface area (TPSA) is 55.4 Å². The Bertz CT molecular complexity index is 794. The third-order valence-corrected chi connectivity index (χ3v) is 3.83. The van der Waals surface area contributed by atoms with Crippen LogP contribution in [-0.4, -0.2) is 18.0 Å². The molecule has 25 heavy (non-hydrogen) atoms. The molecule has 1 amide bonds. The Morgan fingerprint density at radius 3 is 2.36 bits per heavy atom. The predicted molar refractivity (Wildman–Crippen MR) is 90.7 cm³/mol. The molecule has 0 saturated carbocycles. The standard InChI is InChI=1S/C18H16ClF2NO3/c1-3-11-4-6-12(7-5-11)22-17(23)10(2)25-18(24)13-8-15(20)16(21)9-14(13)19/h4-10H,3H2,1-2H3,(H,22,23)/t10-/m0/s1. The highest BCUT2D eigenvalue weighted by Crippen LogP contribution is 2.21. The van der Waals surface area contributed by atoms with Crippen LogP contribution >= 0.6 is 11.6 Å². The number of carbonyl (C=O) groups excluding carboxylic acids is 2. The normalized spacial score (nSPS) is 11.7. The zero-order valence-corrected chi connectivity index (χ0v) is 14.4. The fourth-order valence-electron chi connectivity index (χ4n) is 2.02. The van der Waals surface area contributed by atoms with Gasteiger partial charge < -0.3 is 10.1 Å². The molecule has 4 nitrogen and oxygen atoms in total. The van der Waals surface area contributed by atoms with E-state index >= 15 is 0 Å². The Hall–Kier alpha value is -2.47. The molecule has 132 valence electrons. The molecule has 0 fully saturated rings. The van der Waals surface area contributed by atoms with Gasteiger partial charge in [0.2, 0.25) is 0 Å². The molecule has 2 rings (SSSR count). The lowest BCUT2D eigenvalue weighted by Crippen LogP contribution is -2.30. The summed E-state index contributed by atoms with van der Waals surface area (Å²) in [5.41, 5.74) is 1.31. The van der Waals surface area contributed by atoms with Crippen molar-refractivity contribution in [2.24, 2.45) is 0 Å². The summed E-state index contributed by atoms with van der Waals surface area (Å²) >= 11 is 5.71. The van der Waals surface area contributed by atoms with Gasteiger partial charge >= 0.3 is 5.97 Å². The summed E-state index contributed by atoms with van der Waals surface area (Å²) in [5.74, 6) is -3.99. The number of hydrogen-bond acceptors (Lipinski definition) is 3. The van der Waals surface area contributed by atoms with Crippen LogP contribution in [0.1, 0.15) is 29.8 Å². The number of amides is 1. The van der Waals surface area contributed by atoms with Crippen LogP contribution in [0.25, 0.3) is 0 Å². The number of esters is 1. The molecule has 1 atom stereocenters. The Labute approximate surface area is 148 Å². The fraction of sp³-hybridized carbons (Fsp3) is 0.222. The predicted octanol–water partition coefficient (Wildman–Crippen LogP) is 4.36. The quantitative estimate of drug-likeness (QED) is 0.631. The van der Waals surface area contributed by atoms with Crippen LogP contribution in [0.5, 0.6) is 0 Å². The molecule has 0 radical (unpaired) electrons. The van der Waals surface area contributed by atoms with Gasteiger partial charge in [-0.2, -0.15) is 0 Å². The van der Waals surface area contributed by atoms with E-state index in [9.17, 15) is 18.4 Å². The lowest BCUT2D eigenvalue weighted by atomic mass is 10.1. The number of nitrogens with one attached hydrogen (secondary N) is 1. The molecule has 7 heteroatoms. The third kappa shape index (κ3) is 4.76. The monoisotopic (exact) mass is 367 g/mol. The van der Waals surface area contributed by atoms with Crippen LogP contribution < -0.4 is 5.32 Å². The van der Waals surface area contributed by atoms with Gasteiger partial charge in [0.1, 0.15) is 0 Å². The van der Waals surface area contributed by atoms with E-state index in [1.807, 2.05) is 19.1 Å². The first-order valence-electron chi connectivity index (χ1n) is 7.57. The minimum absolute atomic E-state index is 0.299. The van der Waals surface area contributed by atoms with Crippen LogP contribution in [-0.2, 0) is 16.0 Å². The van der Waals surface area contributed by atoms with Crippen LogP contribution in [0, 0.1) is 11.6 Å². The van der Waals surface area contributed by atoms with Gasteiger partial charge in [-0.1, -0.05) is 30.7 Å². The van der Waals surface area contributed by atoms with Gasteiger partial charge in [-0.25, -0.2) is 13.6 Å². The lowest BCUT2D eigenvalue weighted by molar-refractivity contribution is -0.123. The summed E-state index contributed by atoms with van der Waals surface area (Å²) in [7, 11) is 0. The average Bonchev–Trinajstić information content (AvgIpc) is 2.58. The van der Waals surface area contributed by atoms with Gasteiger partial charge in [-0.15, -0.1) is 0 Å². The smallest absolute Gasteiger partial charge is 0.340 e. The van der Waals surface area contributed by atoms with Crippen molar-refractivity contribution in [2.45, 2.75) is 26.4 Å². The molecule has 0 heterocycles. The Morgan fingerprint density at radius 1 is 1.16 bits per heavy atom. The molecule has 2 aromatic carbocycles. The first-order chi connectivity index (χ1) is 11.8. The van der Waals surface area contributed by atoms with E-state index in [2.05, 4.69) is 5.32 Å². The number of hydrogen-bond donors (Lipinski definition) is 1. The number of aryl methyl sites for hydroxylation is 1. The molecule has 0 unspecified atom stereocenters. The van der Waals surface area contributed by atoms with Gasteiger partial charge in [0, 0.05) is 5.69 Å². The van der Waals surface area contributed by atoms with E-state index in [0.29, 0.717) is 17.8 Å². The summed E-state index contributed by atoms with van der Waals surface area (Å²) in [6, 6.07) is 8.51. The lowest BCUT2D eigenvalue weighted by Gasteiger charge is -2.14. The fourth-order valence-corrected chi connectivity index (χ4v) is 2.25. The van der Waals surface area contributed by atoms with Crippen molar-refractivity contribution in [2.75, 3.05) is 5.32 Å². The first-order valence-corrected chi connectivity index (χ1v) is 7.95. The summed E-state index contributed by atoms with van der Waals surface area (Å²) in [5, 5.41) is 2.30. The molecule has 0 bridgehead atoms. The molecule has 2 aromatic rings. The Balaban J connectivity index is 2.02. The van der Waals surface area contributed by atoms with Crippen LogP contribution in [0.4, 0.5) is 14.5 Å². The van der Waals surface area contributed by atoms with Crippen molar-refractivity contribution in [3.8, 4) is 0 Å². The summed E-state index contributed by atoms with van der Waals surface area (Å²) in [4.78, 5) is 24.1. The SMILES string of the molecule is CCc1ccc(NC(=O)[C@H](C)OC(=O)c2cc(F)c(F)cc2Cl)cc1. The Morgan fingerprint density at radius 2 is 1.76 bits per heavy atom. The van der Waals surface area contributed by atoms with Crippen LogP contribution in [0.15, 0.2) is 36.4 Å². The minimum atomic E-state index is -1.23. The van der Waals surface area contributed by atoms with Crippen molar-refractivity contribution in [3.63, 3.8) is 0 Å². The molecule has 0 aliphatic heterocycles. The van der Waals surface area contributed by atoms with Crippen LogP contribution in [0.3, 0.4) is 0 Å². The van der Waals surface area contributed by atoms with Gasteiger partial charge in [-0.3, -0.25) is 4.79 Å². The second-order valence-corrected chi connectivity index (χ2v) is 5.74. The van der Waals surface area contributed by atoms with Crippen molar-refractivity contribution in [1.82, 2.24) is 0 Å². The molecule has 1 N–H and O–H groups in total. The number of rotatable bonds is 5. The van der Waals surface area contributed by atoms with Crippen molar-refractivity contribution < 1.29 is 23.1 Å². The summed E-state index contributed by atoms with van der Waals surface area (Å²) in [6.45, 7) is 3.37. The zero-order chi connectivity index (χ0) is 18.6. The van der Waals surface area contributed by atoms with Crippen LogP contribution in [0.2, 0.25) is 5.02 Å². The van der Waals surface area contributed by atoms with Crippen molar-refractivity contribution in [1.29, 1.82) is 0 Å². The van der Waals surface area contributed by atoms with E-state index in [-0.39, 0.29) is 10.6 Å². The van der Waals surface area contributed by atoms with Crippen molar-refractivity contribution >= 4 is 29.2 Å². The largest absolute Gasteiger partial charge is 0.449 e. The molecule has 0 aromatic heterocycles. The highest BCUT2D eigenvalue weighted by Gasteiger charge is 2.22. The van der Waals surface area contributed by atoms with E-state index in [0.717, 1.165) is 12.0 Å². The highest BCUT2D eigenvalue weighted by molar-refractivity contribution is 6.33. The first kappa shape index (κ1) is 18.9. The number of ether oxygens (including phenoxy) is 1. The number of halogens is 3. The summed E-state index contributed by atoms with van der Waals surface area (Å²) in [6.07, 6.45) is -0.278. The van der Waals surface area contributed by atoms with Gasteiger partial charge in [-0.05, 0) is 43.2 Å². The van der Waals surface area contributed by atoms with Gasteiger partial charge in [0.15, 0.2) is 17.7 Å². The molecule has 0 spiro atoms. The second kappa shape index (κ2) is 8.07. The Kier molecular flexibility index (Phi) is 6.09. The van der Waals surface area contributed by atoms with E-state index in [4.69, 9.17) is 16.3 Å². The van der Waals surface area contributed by atoms with E-state index in [1.54, 1.807) is 12.1 Å². The maximum absolute atomic E-state index is 13.2. The average molecular weight is 368 g/mol. The second-order valence-electron chi connectivity index (χ2n) is 5.33. The minimum Gasteiger partial charge on any atom is -0.449 e. The van der Waals surface area contributed by atoms with Gasteiger partial charge in [0.05, 0.1) is 10.6 Å². The molecule has 0 saturated heterocycles. The highest BCUT2D eigenvalue weighted by atomic mass is 35.5. The molecular formula is C18H16ClF2NO3.